The van der Waals surface area contributed by atoms with Gasteiger partial charge in [0.15, 0.2) is 0 Å². The lowest BCUT2D eigenvalue weighted by atomic mass is 10.0. The third-order valence-corrected chi connectivity index (χ3v) is 5.22. The highest BCUT2D eigenvalue weighted by atomic mass is 35.5. The Morgan fingerprint density at radius 1 is 1.14 bits per heavy atom. The number of rotatable bonds is 8. The Bertz CT molecular complexity index is 967. The zero-order chi connectivity index (χ0) is 20.1. The summed E-state index contributed by atoms with van der Waals surface area (Å²) in [5.41, 5.74) is 2.71. The van der Waals surface area contributed by atoms with Crippen LogP contribution in [0.25, 0.3) is 5.69 Å². The molecule has 146 valence electrons. The molecule has 0 radical (unpaired) electrons. The maximum atomic E-state index is 11.3. The normalized spacial score (nSPS) is 11.1. The molecule has 0 aliphatic carbocycles. The summed E-state index contributed by atoms with van der Waals surface area (Å²) in [6, 6.07) is 12.5. The SMILES string of the molecule is CCN(CC)Cc1nccn1-c1ccc([N+](=O)[O-])cc1Cc1ccccc1Cl. The quantitative estimate of drug-likeness (QED) is 0.401. The summed E-state index contributed by atoms with van der Waals surface area (Å²) in [7, 11) is 0. The van der Waals surface area contributed by atoms with Crippen molar-refractivity contribution in [3.05, 3.63) is 86.9 Å². The van der Waals surface area contributed by atoms with E-state index < -0.39 is 0 Å². The molecule has 0 atom stereocenters. The lowest BCUT2D eigenvalue weighted by molar-refractivity contribution is -0.384. The van der Waals surface area contributed by atoms with Crippen molar-refractivity contribution in [2.45, 2.75) is 26.8 Å². The number of nitro groups is 1. The van der Waals surface area contributed by atoms with Crippen LogP contribution in [0, 0.1) is 10.1 Å². The summed E-state index contributed by atoms with van der Waals surface area (Å²) in [4.78, 5) is 17.7. The van der Waals surface area contributed by atoms with Gasteiger partial charge in [0.1, 0.15) is 5.82 Å². The number of aromatic nitrogens is 2. The second kappa shape index (κ2) is 8.99. The van der Waals surface area contributed by atoms with Crippen molar-refractivity contribution in [1.29, 1.82) is 0 Å². The summed E-state index contributed by atoms with van der Waals surface area (Å²) < 4.78 is 2.01. The molecule has 28 heavy (non-hydrogen) atoms. The molecule has 6 nitrogen and oxygen atoms in total. The van der Waals surface area contributed by atoms with Crippen molar-refractivity contribution < 1.29 is 4.92 Å². The highest BCUT2D eigenvalue weighted by Gasteiger charge is 2.16. The zero-order valence-corrected chi connectivity index (χ0v) is 16.8. The fourth-order valence-electron chi connectivity index (χ4n) is 3.23. The van der Waals surface area contributed by atoms with E-state index in [1.807, 2.05) is 35.0 Å². The molecule has 0 bridgehead atoms. The van der Waals surface area contributed by atoms with Gasteiger partial charge in [0, 0.05) is 36.0 Å². The molecule has 0 spiro atoms. The van der Waals surface area contributed by atoms with E-state index in [1.165, 1.54) is 6.07 Å². The summed E-state index contributed by atoms with van der Waals surface area (Å²) in [6.07, 6.45) is 4.16. The molecule has 1 aromatic heterocycles. The largest absolute Gasteiger partial charge is 0.302 e. The number of nitrogens with zero attached hydrogens (tertiary/aromatic N) is 4. The maximum absolute atomic E-state index is 11.3. The van der Waals surface area contributed by atoms with Crippen LogP contribution in [0.4, 0.5) is 5.69 Å². The summed E-state index contributed by atoms with van der Waals surface area (Å²) in [5, 5.41) is 12.0. The van der Waals surface area contributed by atoms with Crippen molar-refractivity contribution in [1.82, 2.24) is 14.5 Å². The molecule has 0 unspecified atom stereocenters. The number of non-ortho nitro benzene ring substituents is 1. The fraction of sp³-hybridized carbons (Fsp3) is 0.286. The lowest BCUT2D eigenvalue weighted by Gasteiger charge is -2.19. The van der Waals surface area contributed by atoms with Crippen molar-refractivity contribution in [3.8, 4) is 5.69 Å². The Hall–Kier alpha value is -2.70. The van der Waals surface area contributed by atoms with Gasteiger partial charge >= 0.3 is 0 Å². The van der Waals surface area contributed by atoms with E-state index in [9.17, 15) is 10.1 Å². The average molecular weight is 399 g/mol. The average Bonchev–Trinajstić information content (AvgIpc) is 3.15. The minimum Gasteiger partial charge on any atom is -0.302 e. The number of benzene rings is 2. The van der Waals surface area contributed by atoms with Gasteiger partial charge in [-0.25, -0.2) is 4.98 Å². The van der Waals surface area contributed by atoms with Gasteiger partial charge in [-0.15, -0.1) is 0 Å². The molecule has 3 rings (SSSR count). The number of hydrogen-bond donors (Lipinski definition) is 0. The summed E-state index contributed by atoms with van der Waals surface area (Å²) in [6.45, 7) is 6.80. The predicted octanol–water partition coefficient (Wildman–Crippen LogP) is 4.87. The van der Waals surface area contributed by atoms with Crippen molar-refractivity contribution >= 4 is 17.3 Å². The first kappa shape index (κ1) is 20.0. The Kier molecular flexibility index (Phi) is 6.44. The molecular formula is C21H23ClN4O2. The molecule has 0 aliphatic rings. The van der Waals surface area contributed by atoms with Crippen LogP contribution in [-0.4, -0.2) is 32.5 Å². The number of hydrogen-bond acceptors (Lipinski definition) is 4. The lowest BCUT2D eigenvalue weighted by Crippen LogP contribution is -2.24. The van der Waals surface area contributed by atoms with Crippen molar-refractivity contribution in [2.75, 3.05) is 13.1 Å². The van der Waals surface area contributed by atoms with E-state index in [1.54, 1.807) is 18.3 Å². The van der Waals surface area contributed by atoms with Crippen LogP contribution in [0.15, 0.2) is 54.9 Å². The van der Waals surface area contributed by atoms with Crippen molar-refractivity contribution in [3.63, 3.8) is 0 Å². The third kappa shape index (κ3) is 4.40. The summed E-state index contributed by atoms with van der Waals surface area (Å²) >= 11 is 6.33. The van der Waals surface area contributed by atoms with Crippen LogP contribution >= 0.6 is 11.6 Å². The van der Waals surface area contributed by atoms with Crippen molar-refractivity contribution in [2.24, 2.45) is 0 Å². The standard InChI is InChI=1S/C21H23ClN4O2/c1-3-24(4-2)15-21-23-11-12-25(21)20-10-9-18(26(27)28)14-17(20)13-16-7-5-6-8-19(16)22/h5-12,14H,3-4,13,15H2,1-2H3. The molecule has 0 aliphatic heterocycles. The Balaban J connectivity index is 2.05. The Morgan fingerprint density at radius 3 is 2.57 bits per heavy atom. The topological polar surface area (TPSA) is 64.2 Å². The Morgan fingerprint density at radius 2 is 1.89 bits per heavy atom. The molecule has 0 fully saturated rings. The summed E-state index contributed by atoms with van der Waals surface area (Å²) in [5.74, 6) is 0.901. The first-order valence-electron chi connectivity index (χ1n) is 9.29. The Labute approximate surface area is 169 Å². The van der Waals surface area contributed by atoms with Crippen LogP contribution in [-0.2, 0) is 13.0 Å². The van der Waals surface area contributed by atoms with E-state index in [2.05, 4.69) is 23.7 Å². The van der Waals surface area contributed by atoms with Gasteiger partial charge in [0.05, 0.1) is 17.2 Å². The molecule has 3 aromatic rings. The molecule has 0 saturated carbocycles. The minimum atomic E-state index is -0.370. The number of imidazole rings is 1. The van der Waals surface area contributed by atoms with Gasteiger partial charge in [-0.3, -0.25) is 15.0 Å². The van der Waals surface area contributed by atoms with E-state index in [0.29, 0.717) is 18.0 Å². The molecular weight excluding hydrogens is 376 g/mol. The van der Waals surface area contributed by atoms with Gasteiger partial charge in [-0.05, 0) is 36.3 Å². The second-order valence-electron chi connectivity index (χ2n) is 6.51. The van der Waals surface area contributed by atoms with Gasteiger partial charge in [-0.1, -0.05) is 43.6 Å². The zero-order valence-electron chi connectivity index (χ0n) is 16.0. The van der Waals surface area contributed by atoms with Crippen LogP contribution in [0.1, 0.15) is 30.8 Å². The molecule has 2 aromatic carbocycles. The van der Waals surface area contributed by atoms with Gasteiger partial charge < -0.3 is 4.57 Å². The van der Waals surface area contributed by atoms with E-state index in [0.717, 1.165) is 35.7 Å². The van der Waals surface area contributed by atoms with Crippen LogP contribution in [0.2, 0.25) is 5.02 Å². The first-order valence-corrected chi connectivity index (χ1v) is 9.67. The molecule has 1 heterocycles. The smallest absolute Gasteiger partial charge is 0.269 e. The predicted molar refractivity (Wildman–Crippen MR) is 111 cm³/mol. The van der Waals surface area contributed by atoms with Gasteiger partial charge in [-0.2, -0.15) is 0 Å². The maximum Gasteiger partial charge on any atom is 0.269 e. The highest BCUT2D eigenvalue weighted by molar-refractivity contribution is 6.31. The molecule has 0 N–H and O–H groups in total. The number of halogens is 1. The van der Waals surface area contributed by atoms with E-state index in [4.69, 9.17) is 11.6 Å². The molecule has 0 saturated heterocycles. The second-order valence-corrected chi connectivity index (χ2v) is 6.92. The van der Waals surface area contributed by atoms with Gasteiger partial charge in [0.2, 0.25) is 0 Å². The molecule has 0 amide bonds. The highest BCUT2D eigenvalue weighted by Crippen LogP contribution is 2.27. The number of nitro benzene ring substituents is 1. The van der Waals surface area contributed by atoms with Crippen LogP contribution < -0.4 is 0 Å². The third-order valence-electron chi connectivity index (χ3n) is 4.85. The molecule has 7 heteroatoms. The van der Waals surface area contributed by atoms with Crippen LogP contribution in [0.5, 0.6) is 0 Å². The minimum absolute atomic E-state index is 0.0659. The fourth-order valence-corrected chi connectivity index (χ4v) is 3.43. The van der Waals surface area contributed by atoms with E-state index >= 15 is 0 Å². The van der Waals surface area contributed by atoms with Gasteiger partial charge in [0.25, 0.3) is 5.69 Å². The van der Waals surface area contributed by atoms with E-state index in [-0.39, 0.29) is 10.6 Å². The monoisotopic (exact) mass is 398 g/mol. The van der Waals surface area contributed by atoms with Crippen LogP contribution in [0.3, 0.4) is 0 Å². The first-order chi connectivity index (χ1) is 13.5.